The van der Waals surface area contributed by atoms with Gasteiger partial charge in [0.2, 0.25) is 0 Å². The van der Waals surface area contributed by atoms with Crippen molar-refractivity contribution in [2.75, 3.05) is 12.4 Å². The van der Waals surface area contributed by atoms with Crippen molar-refractivity contribution >= 4 is 34.5 Å². The predicted octanol–water partition coefficient (Wildman–Crippen LogP) is 1.76. The molecule has 0 unspecified atom stereocenters. The summed E-state index contributed by atoms with van der Waals surface area (Å²) < 4.78 is 7.49. The lowest BCUT2D eigenvalue weighted by Gasteiger charge is -2.17. The summed E-state index contributed by atoms with van der Waals surface area (Å²) in [5.74, 6) is 0.446. The van der Waals surface area contributed by atoms with Crippen LogP contribution in [0.15, 0.2) is 43.1 Å². The van der Waals surface area contributed by atoms with Crippen LogP contribution >= 0.6 is 11.6 Å². The molecule has 36 heavy (non-hydrogen) atoms. The second-order valence-corrected chi connectivity index (χ2v) is 8.78. The van der Waals surface area contributed by atoms with Crippen molar-refractivity contribution in [3.05, 3.63) is 59.4 Å². The number of ether oxygens (including phenoxy) is 1. The first-order valence-electron chi connectivity index (χ1n) is 11.2. The van der Waals surface area contributed by atoms with Crippen molar-refractivity contribution < 1.29 is 14.6 Å². The lowest BCUT2D eigenvalue weighted by Crippen LogP contribution is -2.41. The minimum absolute atomic E-state index is 0.123. The van der Waals surface area contributed by atoms with Crippen molar-refractivity contribution in [3.63, 3.8) is 0 Å². The van der Waals surface area contributed by atoms with E-state index >= 15 is 0 Å². The van der Waals surface area contributed by atoms with Crippen LogP contribution in [0.5, 0.6) is 0 Å². The van der Waals surface area contributed by atoms with Crippen LogP contribution in [-0.4, -0.2) is 59.8 Å². The lowest BCUT2D eigenvalue weighted by molar-refractivity contribution is -0.135. The summed E-state index contributed by atoms with van der Waals surface area (Å²) in [6, 6.07) is 5.61. The minimum atomic E-state index is -0.950. The fraction of sp³-hybridized carbons (Fsp3) is 0.304. The number of aliphatic hydroxyl groups is 1. The molecule has 0 saturated carbocycles. The second-order valence-electron chi connectivity index (χ2n) is 8.35. The third-order valence-corrected chi connectivity index (χ3v) is 5.90. The molecular formula is C23H24ClN9O3. The van der Waals surface area contributed by atoms with E-state index in [1.54, 1.807) is 30.1 Å². The molecule has 5 heterocycles. The van der Waals surface area contributed by atoms with Crippen LogP contribution in [0, 0.1) is 6.92 Å². The third-order valence-electron chi connectivity index (χ3n) is 5.70. The second kappa shape index (κ2) is 10.1. The molecule has 1 aliphatic heterocycles. The molecule has 4 aromatic heterocycles. The summed E-state index contributed by atoms with van der Waals surface area (Å²) in [5.41, 5.74) is 8.47. The Kier molecular flexibility index (Phi) is 6.74. The average Bonchev–Trinajstić information content (AvgIpc) is 3.46. The van der Waals surface area contributed by atoms with Gasteiger partial charge in [-0.25, -0.2) is 20.4 Å². The maximum Gasteiger partial charge on any atom is 0.263 e. The molecule has 0 bridgehead atoms. The van der Waals surface area contributed by atoms with Gasteiger partial charge in [0.25, 0.3) is 5.91 Å². The van der Waals surface area contributed by atoms with Gasteiger partial charge in [-0.05, 0) is 30.7 Å². The Balaban J connectivity index is 1.54. The molecule has 3 atom stereocenters. The van der Waals surface area contributed by atoms with Gasteiger partial charge in [0, 0.05) is 37.6 Å². The van der Waals surface area contributed by atoms with E-state index in [9.17, 15) is 9.90 Å². The molecule has 0 spiro atoms. The number of aromatic nitrogens is 6. The predicted molar refractivity (Wildman–Crippen MR) is 132 cm³/mol. The van der Waals surface area contributed by atoms with Crippen LogP contribution in [0.2, 0.25) is 5.02 Å². The van der Waals surface area contributed by atoms with Crippen molar-refractivity contribution in [1.29, 1.82) is 0 Å². The number of imidazole rings is 1. The third kappa shape index (κ3) is 4.84. The number of fused-ring (bicyclic) bond motifs is 1. The van der Waals surface area contributed by atoms with Gasteiger partial charge >= 0.3 is 0 Å². The van der Waals surface area contributed by atoms with E-state index in [0.717, 1.165) is 11.3 Å². The van der Waals surface area contributed by atoms with Gasteiger partial charge in [-0.15, -0.1) is 0 Å². The Morgan fingerprint density at radius 1 is 1.28 bits per heavy atom. The highest BCUT2D eigenvalue weighted by Crippen LogP contribution is 2.33. The number of halogens is 1. The van der Waals surface area contributed by atoms with E-state index in [2.05, 4.69) is 36.1 Å². The van der Waals surface area contributed by atoms with Crippen LogP contribution in [-0.2, 0) is 16.1 Å². The number of rotatable bonds is 7. The fourth-order valence-corrected chi connectivity index (χ4v) is 4.21. The molecular weight excluding hydrogens is 486 g/mol. The number of hydrogen-bond donors (Lipinski definition) is 4. The largest absolute Gasteiger partial charge is 0.388 e. The Morgan fingerprint density at radius 2 is 2.14 bits per heavy atom. The molecule has 0 aromatic carbocycles. The van der Waals surface area contributed by atoms with E-state index in [1.807, 2.05) is 19.1 Å². The van der Waals surface area contributed by atoms with Crippen molar-refractivity contribution in [2.24, 2.45) is 0 Å². The normalized spacial score (nSPS) is 19.5. The zero-order valence-electron chi connectivity index (χ0n) is 19.5. The van der Waals surface area contributed by atoms with Gasteiger partial charge in [-0.3, -0.25) is 24.8 Å². The number of aryl methyl sites for hydroxylation is 1. The van der Waals surface area contributed by atoms with Gasteiger partial charge in [-0.2, -0.15) is 0 Å². The summed E-state index contributed by atoms with van der Waals surface area (Å²) >= 11 is 6.16. The zero-order valence-corrected chi connectivity index (χ0v) is 20.3. The lowest BCUT2D eigenvalue weighted by atomic mass is 10.2. The van der Waals surface area contributed by atoms with E-state index in [-0.39, 0.29) is 12.3 Å². The molecule has 1 saturated heterocycles. The highest BCUT2D eigenvalue weighted by Gasteiger charge is 2.40. The number of aliphatic hydroxyl groups excluding tert-OH is 1. The van der Waals surface area contributed by atoms with E-state index in [1.165, 1.54) is 12.5 Å². The molecule has 5 rings (SSSR count). The number of pyridine rings is 2. The highest BCUT2D eigenvalue weighted by atomic mass is 35.5. The van der Waals surface area contributed by atoms with Crippen LogP contribution in [0.4, 0.5) is 5.82 Å². The highest BCUT2D eigenvalue weighted by molar-refractivity contribution is 6.30. The molecule has 4 aromatic rings. The maximum atomic E-state index is 12.2. The summed E-state index contributed by atoms with van der Waals surface area (Å²) in [6.45, 7) is 2.40. The number of nitrogens with one attached hydrogen (secondary N) is 3. The molecule has 186 valence electrons. The molecule has 13 heteroatoms. The van der Waals surface area contributed by atoms with Crippen molar-refractivity contribution in [2.45, 2.75) is 38.3 Å². The Morgan fingerprint density at radius 3 is 2.92 bits per heavy atom. The number of carbonyl (C=O) groups is 1. The first kappa shape index (κ1) is 24.0. The van der Waals surface area contributed by atoms with E-state index in [0.29, 0.717) is 39.9 Å². The van der Waals surface area contributed by atoms with Crippen molar-refractivity contribution in [3.8, 4) is 11.4 Å². The number of nitrogens with zero attached hydrogens (tertiary/aromatic N) is 6. The molecule has 0 aliphatic carbocycles. The molecule has 0 radical (unpaired) electrons. The standard InChI is InChI=1S/C23H24ClN9O3/c1-12-3-4-27-15(5-12)10-28-20-18-21(31-19(30-20)13-6-14(24)9-26-8-13)33(11-29-18)23-16(34)7-17(36-23)22(35)32-25-2/h3-6,8-9,11,16-17,23,25,34H,7,10H2,1-2H3,(H,32,35)(H,28,30,31)/t16-,17+,23-/m1/s1. The van der Waals surface area contributed by atoms with Gasteiger partial charge in [0.05, 0.1) is 23.6 Å². The molecule has 12 nitrogen and oxygen atoms in total. The monoisotopic (exact) mass is 509 g/mol. The number of hydrazine groups is 1. The first-order valence-corrected chi connectivity index (χ1v) is 11.6. The zero-order chi connectivity index (χ0) is 25.2. The van der Waals surface area contributed by atoms with Crippen LogP contribution in [0.25, 0.3) is 22.6 Å². The van der Waals surface area contributed by atoms with Crippen LogP contribution < -0.4 is 16.2 Å². The average molecular weight is 510 g/mol. The summed E-state index contributed by atoms with van der Waals surface area (Å²) in [6.07, 6.45) is 3.87. The number of anilines is 1. The molecule has 1 aliphatic rings. The topological polar surface area (TPSA) is 152 Å². The van der Waals surface area contributed by atoms with E-state index < -0.39 is 18.4 Å². The van der Waals surface area contributed by atoms with Crippen LogP contribution in [0.3, 0.4) is 0 Å². The summed E-state index contributed by atoms with van der Waals surface area (Å²) in [7, 11) is 1.58. The van der Waals surface area contributed by atoms with Gasteiger partial charge in [-0.1, -0.05) is 11.6 Å². The van der Waals surface area contributed by atoms with Gasteiger partial charge in [0.1, 0.15) is 12.2 Å². The smallest absolute Gasteiger partial charge is 0.263 e. The Hall–Kier alpha value is -3.71. The molecule has 1 amide bonds. The van der Waals surface area contributed by atoms with Crippen LogP contribution in [0.1, 0.15) is 23.9 Å². The Labute approximate surface area is 211 Å². The molecule has 1 fully saturated rings. The quantitative estimate of drug-likeness (QED) is 0.271. The SMILES string of the molecule is CNNC(=O)[C@@H]1C[C@@H](O)[C@H](n2cnc3c(NCc4cc(C)ccn4)nc(-c4cncc(Cl)c4)nc32)O1. The molecule has 4 N–H and O–H groups in total. The van der Waals surface area contributed by atoms with Gasteiger partial charge in [0.15, 0.2) is 29.0 Å². The fourth-order valence-electron chi connectivity index (χ4n) is 4.03. The number of carbonyl (C=O) groups excluding carboxylic acids is 1. The van der Waals surface area contributed by atoms with Crippen molar-refractivity contribution in [1.82, 2.24) is 40.3 Å². The Bertz CT molecular complexity index is 1410. The summed E-state index contributed by atoms with van der Waals surface area (Å²) in [4.78, 5) is 34.6. The number of amides is 1. The minimum Gasteiger partial charge on any atom is -0.388 e. The number of hydrogen-bond acceptors (Lipinski definition) is 10. The summed E-state index contributed by atoms with van der Waals surface area (Å²) in [5, 5.41) is 14.4. The maximum absolute atomic E-state index is 12.2. The van der Waals surface area contributed by atoms with E-state index in [4.69, 9.17) is 21.3 Å². The first-order chi connectivity index (χ1) is 17.4. The van der Waals surface area contributed by atoms with Gasteiger partial charge < -0.3 is 15.2 Å².